The van der Waals surface area contributed by atoms with Crippen molar-refractivity contribution in [3.8, 4) is 11.5 Å². The summed E-state index contributed by atoms with van der Waals surface area (Å²) in [7, 11) is 1.48. The van der Waals surface area contributed by atoms with E-state index in [4.69, 9.17) is 14.2 Å². The number of anilines is 4. The minimum atomic E-state index is -0.739. The van der Waals surface area contributed by atoms with Gasteiger partial charge >= 0.3 is 0 Å². The van der Waals surface area contributed by atoms with Crippen molar-refractivity contribution in [1.29, 1.82) is 0 Å². The number of imide groups is 2. The summed E-state index contributed by atoms with van der Waals surface area (Å²) in [6.45, 7) is 5.65. The number of phenols is 1. The number of ether oxygens (including phenoxy) is 3. The topological polar surface area (TPSA) is 129 Å². The number of amides is 4. The highest BCUT2D eigenvalue weighted by Gasteiger charge is 2.62. The molecule has 1 N–H and O–H groups in total. The molecule has 9 rings (SSSR count). The van der Waals surface area contributed by atoms with Crippen molar-refractivity contribution in [3.63, 3.8) is 0 Å². The fourth-order valence-corrected chi connectivity index (χ4v) is 10.3. The number of carbonyl (C=O) groups is 4. The number of hydrogen-bond donors (Lipinski definition) is 1. The molecule has 6 atom stereocenters. The number of phenolic OH excluding ortho intramolecular Hbond substituents is 1. The number of rotatable bonds is 6. The maximum Gasteiger partial charge on any atom is 0.238 e. The van der Waals surface area contributed by atoms with Gasteiger partial charge < -0.3 is 29.1 Å². The number of allylic oxidation sites excluding steroid dienone is 2. The Kier molecular flexibility index (Phi) is 9.13. The third kappa shape index (κ3) is 5.69. The van der Waals surface area contributed by atoms with Crippen LogP contribution in [-0.4, -0.2) is 88.5 Å². The second-order valence-corrected chi connectivity index (χ2v) is 16.0. The fraction of sp³-hybridized carbons (Fsp3) is 0.415. The summed E-state index contributed by atoms with van der Waals surface area (Å²) in [6.07, 6.45) is 2.65. The number of aromatic hydroxyl groups is 1. The Bertz CT molecular complexity index is 2040. The molecule has 1 saturated carbocycles. The quantitative estimate of drug-likeness (QED) is 0.212. The van der Waals surface area contributed by atoms with E-state index < -0.39 is 35.5 Å². The highest BCUT2D eigenvalue weighted by molar-refractivity contribution is 14.1. The van der Waals surface area contributed by atoms with Crippen LogP contribution in [0.1, 0.15) is 24.3 Å². The molecule has 4 aliphatic heterocycles. The van der Waals surface area contributed by atoms with Crippen LogP contribution in [0.25, 0.3) is 0 Å². The number of methoxy groups -OCH3 is 1. The summed E-state index contributed by atoms with van der Waals surface area (Å²) in [6, 6.07) is 18.6. The third-order valence-corrected chi connectivity index (χ3v) is 13.1. The first-order valence-electron chi connectivity index (χ1n) is 18.6. The number of nitrogens with zero attached hydrogens (tertiary/aromatic N) is 4. The minimum absolute atomic E-state index is 0.00824. The summed E-state index contributed by atoms with van der Waals surface area (Å²) in [5.41, 5.74) is 4.64. The lowest BCUT2D eigenvalue weighted by atomic mass is 9.57. The second kappa shape index (κ2) is 14.0. The lowest BCUT2D eigenvalue weighted by Gasteiger charge is -2.44. The second-order valence-electron chi connectivity index (χ2n) is 14.8. The number of morpholine rings is 2. The first-order chi connectivity index (χ1) is 26.2. The molecule has 4 amide bonds. The Morgan fingerprint density at radius 2 is 1.17 bits per heavy atom. The van der Waals surface area contributed by atoms with Gasteiger partial charge in [-0.05, 0) is 108 Å². The molecular formula is C41H41IN4O8. The van der Waals surface area contributed by atoms with Crippen LogP contribution in [0, 0.1) is 33.2 Å². The van der Waals surface area contributed by atoms with E-state index >= 15 is 0 Å². The molecule has 3 aromatic carbocycles. The molecule has 0 radical (unpaired) electrons. The predicted molar refractivity (Wildman–Crippen MR) is 209 cm³/mol. The molecule has 4 saturated heterocycles. The molecule has 3 aromatic rings. The van der Waals surface area contributed by atoms with Crippen molar-refractivity contribution in [2.24, 2.45) is 29.6 Å². The molecule has 0 aromatic heterocycles. The summed E-state index contributed by atoms with van der Waals surface area (Å²) in [5.74, 6) is -4.59. The molecule has 6 aliphatic rings. The Morgan fingerprint density at radius 1 is 0.667 bits per heavy atom. The van der Waals surface area contributed by atoms with Crippen molar-refractivity contribution in [2.75, 3.05) is 79.3 Å². The Balaban J connectivity index is 1.07. The molecule has 0 bridgehead atoms. The van der Waals surface area contributed by atoms with Crippen LogP contribution in [0.2, 0.25) is 0 Å². The molecule has 2 aliphatic carbocycles. The van der Waals surface area contributed by atoms with E-state index in [1.165, 1.54) is 16.9 Å². The zero-order valence-electron chi connectivity index (χ0n) is 29.9. The van der Waals surface area contributed by atoms with E-state index in [2.05, 4.69) is 9.80 Å². The van der Waals surface area contributed by atoms with Crippen molar-refractivity contribution in [3.05, 3.63) is 81.4 Å². The summed E-state index contributed by atoms with van der Waals surface area (Å²) < 4.78 is 17.1. The van der Waals surface area contributed by atoms with Gasteiger partial charge in [0.05, 0.1) is 72.2 Å². The fourth-order valence-electron chi connectivity index (χ4n) is 9.67. The Labute approximate surface area is 326 Å². The zero-order valence-corrected chi connectivity index (χ0v) is 32.0. The predicted octanol–water partition coefficient (Wildman–Crippen LogP) is 4.72. The number of carbonyl (C=O) groups excluding carboxylic acids is 4. The van der Waals surface area contributed by atoms with Crippen LogP contribution in [0.5, 0.6) is 11.5 Å². The van der Waals surface area contributed by atoms with E-state index in [9.17, 15) is 24.3 Å². The molecule has 280 valence electrons. The average molecular weight is 845 g/mol. The third-order valence-electron chi connectivity index (χ3n) is 12.2. The van der Waals surface area contributed by atoms with Gasteiger partial charge in [0.25, 0.3) is 0 Å². The molecule has 5 fully saturated rings. The molecule has 13 heteroatoms. The standard InChI is InChI=1S/C41H41IN4O8/c1-52-33-21-23(20-32(42)37(33)47)34-28-10-11-29-35(40(50)45(38(29)48)26-6-2-24(3-7-26)43-12-16-53-17-13-43)30(28)22-31-36(34)41(51)46(39(31)49)27-8-4-25(5-9-27)44-14-18-54-19-15-44/h2-10,20-21,29-31,34-36,47H,11-19,22H2,1H3/t29-,30+,31+,34-,35-,36+/m0/s1. The highest BCUT2D eigenvalue weighted by atomic mass is 127. The summed E-state index contributed by atoms with van der Waals surface area (Å²) in [4.78, 5) is 64.9. The van der Waals surface area contributed by atoms with Crippen LogP contribution >= 0.6 is 22.6 Å². The van der Waals surface area contributed by atoms with Crippen molar-refractivity contribution in [1.82, 2.24) is 0 Å². The van der Waals surface area contributed by atoms with Crippen molar-refractivity contribution < 1.29 is 38.5 Å². The van der Waals surface area contributed by atoms with Gasteiger partial charge in [-0.1, -0.05) is 11.6 Å². The van der Waals surface area contributed by atoms with Gasteiger partial charge in [-0.3, -0.25) is 29.0 Å². The minimum Gasteiger partial charge on any atom is -0.504 e. The molecule has 12 nitrogen and oxygen atoms in total. The van der Waals surface area contributed by atoms with Crippen LogP contribution in [0.15, 0.2) is 72.3 Å². The maximum atomic E-state index is 14.7. The van der Waals surface area contributed by atoms with Gasteiger partial charge in [0.1, 0.15) is 0 Å². The van der Waals surface area contributed by atoms with Gasteiger partial charge in [-0.25, -0.2) is 0 Å². The van der Waals surface area contributed by atoms with Crippen molar-refractivity contribution >= 4 is 69.0 Å². The van der Waals surface area contributed by atoms with E-state index in [0.29, 0.717) is 47.8 Å². The largest absolute Gasteiger partial charge is 0.504 e. The van der Waals surface area contributed by atoms with Crippen LogP contribution in [0.4, 0.5) is 22.7 Å². The monoisotopic (exact) mass is 844 g/mol. The zero-order chi connectivity index (χ0) is 37.2. The van der Waals surface area contributed by atoms with E-state index in [1.807, 2.05) is 83.3 Å². The van der Waals surface area contributed by atoms with Crippen LogP contribution < -0.4 is 24.3 Å². The van der Waals surface area contributed by atoms with Gasteiger partial charge in [0.2, 0.25) is 23.6 Å². The first kappa shape index (κ1) is 35.2. The molecule has 4 heterocycles. The summed E-state index contributed by atoms with van der Waals surface area (Å²) in [5, 5.41) is 10.8. The lowest BCUT2D eigenvalue weighted by molar-refractivity contribution is -0.126. The van der Waals surface area contributed by atoms with Gasteiger partial charge in [-0.15, -0.1) is 0 Å². The van der Waals surface area contributed by atoms with Gasteiger partial charge in [0.15, 0.2) is 11.5 Å². The van der Waals surface area contributed by atoms with E-state index in [0.717, 1.165) is 48.7 Å². The SMILES string of the molecule is COc1cc([C@H]2C3=CC[C@@H]4C(=O)N(c5ccc(N6CCOCC6)cc5)C(=O)[C@@H]4[C@@H]3C[C@H]3C(=O)N(c4ccc(N5CCOCC5)cc4)C(=O)[C@@H]23)cc(I)c1O. The first-order valence-corrected chi connectivity index (χ1v) is 19.7. The Hall–Kier alpha value is -4.47. The maximum absolute atomic E-state index is 14.7. The molecule has 54 heavy (non-hydrogen) atoms. The lowest BCUT2D eigenvalue weighted by Crippen LogP contribution is -2.43. The molecular weight excluding hydrogens is 803 g/mol. The smallest absolute Gasteiger partial charge is 0.238 e. The highest BCUT2D eigenvalue weighted by Crippen LogP contribution is 2.59. The van der Waals surface area contributed by atoms with Crippen LogP contribution in [0.3, 0.4) is 0 Å². The van der Waals surface area contributed by atoms with Crippen molar-refractivity contribution in [2.45, 2.75) is 18.8 Å². The normalized spacial score (nSPS) is 28.2. The average Bonchev–Trinajstić information content (AvgIpc) is 3.62. The van der Waals surface area contributed by atoms with Gasteiger partial charge in [0, 0.05) is 43.5 Å². The van der Waals surface area contributed by atoms with Crippen LogP contribution in [-0.2, 0) is 28.7 Å². The van der Waals surface area contributed by atoms with E-state index in [1.54, 1.807) is 6.07 Å². The van der Waals surface area contributed by atoms with Gasteiger partial charge in [-0.2, -0.15) is 0 Å². The molecule has 0 spiro atoms. The number of halogens is 1. The number of hydrogen-bond acceptors (Lipinski definition) is 10. The number of benzene rings is 3. The number of fused-ring (bicyclic) bond motifs is 4. The summed E-state index contributed by atoms with van der Waals surface area (Å²) >= 11 is 2.04. The Morgan fingerprint density at radius 3 is 1.70 bits per heavy atom. The van der Waals surface area contributed by atoms with E-state index in [-0.39, 0.29) is 41.5 Å². The molecule has 0 unspecified atom stereocenters.